The second-order valence-electron chi connectivity index (χ2n) is 5.49. The number of anilines is 2. The van der Waals surface area contributed by atoms with E-state index in [4.69, 9.17) is 12.2 Å². The van der Waals surface area contributed by atoms with Gasteiger partial charge in [-0.25, -0.2) is 0 Å². The molecule has 24 heavy (non-hydrogen) atoms. The Bertz CT molecular complexity index is 753. The van der Waals surface area contributed by atoms with Crippen LogP contribution in [0.5, 0.6) is 0 Å². The summed E-state index contributed by atoms with van der Waals surface area (Å²) in [6, 6.07) is 10.9. The van der Waals surface area contributed by atoms with Crippen LogP contribution in [0.1, 0.15) is 30.5 Å². The van der Waals surface area contributed by atoms with Gasteiger partial charge in [-0.2, -0.15) is 0 Å². The van der Waals surface area contributed by atoms with Crippen molar-refractivity contribution in [2.24, 2.45) is 0 Å². The van der Waals surface area contributed by atoms with Crippen molar-refractivity contribution < 1.29 is 4.92 Å². The van der Waals surface area contributed by atoms with Crippen molar-refractivity contribution in [2.75, 3.05) is 10.6 Å². The molecule has 0 aliphatic carbocycles. The summed E-state index contributed by atoms with van der Waals surface area (Å²) >= 11 is 5.42. The van der Waals surface area contributed by atoms with Gasteiger partial charge in [0.05, 0.1) is 4.92 Å². The van der Waals surface area contributed by atoms with E-state index in [1.807, 2.05) is 6.92 Å². The summed E-state index contributed by atoms with van der Waals surface area (Å²) in [7, 11) is 0. The van der Waals surface area contributed by atoms with E-state index in [2.05, 4.69) is 42.7 Å². The summed E-state index contributed by atoms with van der Waals surface area (Å²) in [5.74, 6) is 0. The largest absolute Gasteiger partial charge is 0.332 e. The van der Waals surface area contributed by atoms with E-state index < -0.39 is 4.92 Å². The predicted octanol–water partition coefficient (Wildman–Crippen LogP) is 4.84. The quantitative estimate of drug-likeness (QED) is 0.462. The molecule has 0 atom stereocenters. The third kappa shape index (κ3) is 4.08. The summed E-state index contributed by atoms with van der Waals surface area (Å²) in [5.41, 5.74) is 5.05. The van der Waals surface area contributed by atoms with Crippen LogP contribution in [0.15, 0.2) is 36.4 Å². The number of non-ortho nitro benzene ring substituents is 1. The van der Waals surface area contributed by atoms with Crippen molar-refractivity contribution in [3.05, 3.63) is 63.2 Å². The van der Waals surface area contributed by atoms with Gasteiger partial charge in [0.2, 0.25) is 0 Å². The summed E-state index contributed by atoms with van der Waals surface area (Å²) in [5, 5.41) is 17.7. The highest BCUT2D eigenvalue weighted by molar-refractivity contribution is 7.80. The Morgan fingerprint density at radius 1 is 1.12 bits per heavy atom. The lowest BCUT2D eigenvalue weighted by Crippen LogP contribution is -2.21. The first kappa shape index (κ1) is 17.9. The molecule has 0 radical (unpaired) electrons. The molecule has 0 aromatic heterocycles. The van der Waals surface area contributed by atoms with E-state index in [1.54, 1.807) is 6.07 Å². The minimum atomic E-state index is -0.404. The normalized spacial score (nSPS) is 10.3. The van der Waals surface area contributed by atoms with Crippen molar-refractivity contribution in [1.82, 2.24) is 0 Å². The highest BCUT2D eigenvalue weighted by Crippen LogP contribution is 2.24. The molecular formula is C18H21N3O2S. The fourth-order valence-electron chi connectivity index (χ4n) is 2.57. The predicted molar refractivity (Wildman–Crippen MR) is 103 cm³/mol. The van der Waals surface area contributed by atoms with Gasteiger partial charge in [0, 0.05) is 23.5 Å². The molecule has 0 amide bonds. The third-order valence-electron chi connectivity index (χ3n) is 3.91. The number of benzene rings is 2. The second kappa shape index (κ2) is 7.88. The molecule has 2 N–H and O–H groups in total. The first-order valence-corrected chi connectivity index (χ1v) is 8.30. The van der Waals surface area contributed by atoms with Crippen molar-refractivity contribution in [3.8, 4) is 0 Å². The fraction of sp³-hybridized carbons (Fsp3) is 0.278. The van der Waals surface area contributed by atoms with Gasteiger partial charge in [-0.3, -0.25) is 10.1 Å². The minimum Gasteiger partial charge on any atom is -0.332 e. The highest BCUT2D eigenvalue weighted by Gasteiger charge is 2.11. The molecule has 2 aromatic carbocycles. The highest BCUT2D eigenvalue weighted by atomic mass is 32.1. The Morgan fingerprint density at radius 3 is 2.25 bits per heavy atom. The fourth-order valence-corrected chi connectivity index (χ4v) is 2.78. The average molecular weight is 343 g/mol. The molecule has 0 fully saturated rings. The number of hydrogen-bond donors (Lipinski definition) is 2. The molecule has 0 aliphatic rings. The Balaban J connectivity index is 2.19. The number of aryl methyl sites for hydroxylation is 3. The van der Waals surface area contributed by atoms with Gasteiger partial charge >= 0.3 is 0 Å². The average Bonchev–Trinajstić information content (AvgIpc) is 2.56. The number of para-hydroxylation sites is 1. The van der Waals surface area contributed by atoms with E-state index in [1.165, 1.54) is 23.3 Å². The maximum absolute atomic E-state index is 10.8. The molecule has 0 heterocycles. The van der Waals surface area contributed by atoms with Gasteiger partial charge in [0.25, 0.3) is 5.69 Å². The summed E-state index contributed by atoms with van der Waals surface area (Å²) < 4.78 is 0. The number of nitro groups is 1. The molecule has 6 heteroatoms. The number of rotatable bonds is 5. The Labute approximate surface area is 147 Å². The zero-order valence-electron chi connectivity index (χ0n) is 14.1. The van der Waals surface area contributed by atoms with Crippen LogP contribution >= 0.6 is 12.2 Å². The Hall–Kier alpha value is -2.47. The molecule has 0 saturated heterocycles. The van der Waals surface area contributed by atoms with Crippen molar-refractivity contribution in [2.45, 2.75) is 33.6 Å². The van der Waals surface area contributed by atoms with Crippen LogP contribution in [0.25, 0.3) is 0 Å². The van der Waals surface area contributed by atoms with Crippen LogP contribution in [0.4, 0.5) is 17.1 Å². The molecule has 0 spiro atoms. The maximum atomic E-state index is 10.8. The first-order valence-electron chi connectivity index (χ1n) is 7.90. The Kier molecular flexibility index (Phi) is 5.87. The lowest BCUT2D eigenvalue weighted by molar-refractivity contribution is -0.384. The summed E-state index contributed by atoms with van der Waals surface area (Å²) in [6.45, 7) is 6.03. The summed E-state index contributed by atoms with van der Waals surface area (Å²) in [6.07, 6.45) is 1.82. The van der Waals surface area contributed by atoms with Crippen molar-refractivity contribution in [1.29, 1.82) is 0 Å². The minimum absolute atomic E-state index is 0.0709. The van der Waals surface area contributed by atoms with Crippen LogP contribution < -0.4 is 10.6 Å². The monoisotopic (exact) mass is 343 g/mol. The third-order valence-corrected chi connectivity index (χ3v) is 4.11. The molecule has 0 aliphatic heterocycles. The van der Waals surface area contributed by atoms with Crippen molar-refractivity contribution >= 4 is 34.4 Å². The van der Waals surface area contributed by atoms with Gasteiger partial charge in [-0.05, 0) is 54.7 Å². The lowest BCUT2D eigenvalue weighted by atomic mass is 10.0. The lowest BCUT2D eigenvalue weighted by Gasteiger charge is -2.17. The number of thiocarbonyl (C=S) groups is 1. The molecule has 0 unspecified atom stereocenters. The topological polar surface area (TPSA) is 67.2 Å². The van der Waals surface area contributed by atoms with Gasteiger partial charge < -0.3 is 10.6 Å². The second-order valence-corrected chi connectivity index (χ2v) is 5.90. The molecule has 0 bridgehead atoms. The zero-order valence-corrected chi connectivity index (χ0v) is 14.9. The first-order chi connectivity index (χ1) is 11.5. The van der Waals surface area contributed by atoms with E-state index in [9.17, 15) is 10.1 Å². The number of nitro benzene ring substituents is 1. The number of nitrogens with zero attached hydrogens (tertiary/aromatic N) is 1. The van der Waals surface area contributed by atoms with Crippen LogP contribution in [-0.2, 0) is 12.8 Å². The van der Waals surface area contributed by atoms with Gasteiger partial charge in [0.15, 0.2) is 5.11 Å². The summed E-state index contributed by atoms with van der Waals surface area (Å²) in [4.78, 5) is 10.4. The zero-order chi connectivity index (χ0) is 17.7. The van der Waals surface area contributed by atoms with Gasteiger partial charge in [0.1, 0.15) is 0 Å². The Morgan fingerprint density at radius 2 is 1.75 bits per heavy atom. The van der Waals surface area contributed by atoms with Crippen LogP contribution in [0.3, 0.4) is 0 Å². The molecule has 126 valence electrons. The molecule has 5 nitrogen and oxygen atoms in total. The molecule has 2 aromatic rings. The molecular weight excluding hydrogens is 322 g/mol. The van der Waals surface area contributed by atoms with E-state index in [0.29, 0.717) is 5.11 Å². The van der Waals surface area contributed by atoms with Gasteiger partial charge in [-0.1, -0.05) is 32.0 Å². The standard InChI is InChI=1S/C18H21N3O2S/c1-4-13-7-6-8-14(5-2)17(13)20-18(24)19-16-10-9-15(21(22)23)11-12(16)3/h6-11H,4-5H2,1-3H3,(H2,19,20,24). The van der Waals surface area contributed by atoms with E-state index in [0.717, 1.165) is 29.8 Å². The van der Waals surface area contributed by atoms with E-state index in [-0.39, 0.29) is 5.69 Å². The van der Waals surface area contributed by atoms with Crippen LogP contribution in [-0.4, -0.2) is 10.0 Å². The number of hydrogen-bond acceptors (Lipinski definition) is 3. The number of nitrogens with one attached hydrogen (secondary N) is 2. The van der Waals surface area contributed by atoms with Crippen LogP contribution in [0, 0.1) is 17.0 Å². The van der Waals surface area contributed by atoms with Crippen LogP contribution in [0.2, 0.25) is 0 Å². The molecule has 2 rings (SSSR count). The molecule has 0 saturated carbocycles. The SMILES string of the molecule is CCc1cccc(CC)c1NC(=S)Nc1ccc([N+](=O)[O-])cc1C. The van der Waals surface area contributed by atoms with Crippen molar-refractivity contribution in [3.63, 3.8) is 0 Å². The smallest absolute Gasteiger partial charge is 0.269 e. The maximum Gasteiger partial charge on any atom is 0.269 e. The van der Waals surface area contributed by atoms with E-state index >= 15 is 0 Å². The van der Waals surface area contributed by atoms with Gasteiger partial charge in [-0.15, -0.1) is 0 Å².